The van der Waals surface area contributed by atoms with Crippen molar-refractivity contribution in [2.45, 2.75) is 0 Å². The molecule has 0 saturated carbocycles. The van der Waals surface area contributed by atoms with E-state index < -0.39 is 0 Å². The first-order valence-electron chi connectivity index (χ1n) is 9.92. The summed E-state index contributed by atoms with van der Waals surface area (Å²) in [6.07, 6.45) is 3.25. The van der Waals surface area contributed by atoms with E-state index in [4.69, 9.17) is 9.40 Å². The average molecular weight is 433 g/mol. The molecule has 0 radical (unpaired) electrons. The Bertz CT molecular complexity index is 1480. The van der Waals surface area contributed by atoms with Gasteiger partial charge in [-0.1, -0.05) is 65.9 Å². The number of nitriles is 1. The SMILES string of the molecule is N#C/C(=C/c1ccco1)c1nc(-c2ccc3ccccc3c2)c(N=Nc2ccccc2)s1. The fourth-order valence-electron chi connectivity index (χ4n) is 3.28. The molecule has 0 atom stereocenters. The molecule has 5 aromatic rings. The van der Waals surface area contributed by atoms with Gasteiger partial charge in [-0.25, -0.2) is 4.98 Å². The van der Waals surface area contributed by atoms with Crippen LogP contribution in [0.15, 0.2) is 106 Å². The Hall–Kier alpha value is -4.34. The molecule has 3 aromatic carbocycles. The molecule has 0 aliphatic heterocycles. The van der Waals surface area contributed by atoms with Gasteiger partial charge in [-0.2, -0.15) is 5.26 Å². The maximum atomic E-state index is 9.75. The van der Waals surface area contributed by atoms with Crippen molar-refractivity contribution in [2.24, 2.45) is 10.2 Å². The number of rotatable bonds is 5. The third-order valence-corrected chi connectivity index (χ3v) is 5.80. The first kappa shape index (κ1) is 19.6. The Kier molecular flexibility index (Phi) is 5.39. The molecule has 0 saturated heterocycles. The first-order valence-corrected chi connectivity index (χ1v) is 10.7. The zero-order valence-corrected chi connectivity index (χ0v) is 17.7. The molecule has 0 unspecified atom stereocenters. The van der Waals surface area contributed by atoms with Crippen LogP contribution in [0.5, 0.6) is 0 Å². The molecular formula is C26H16N4OS. The highest BCUT2D eigenvalue weighted by Crippen LogP contribution is 2.40. The van der Waals surface area contributed by atoms with E-state index in [0.717, 1.165) is 22.0 Å². The number of aromatic nitrogens is 1. The van der Waals surface area contributed by atoms with Crippen LogP contribution in [0.3, 0.4) is 0 Å². The highest BCUT2D eigenvalue weighted by Gasteiger charge is 2.17. The summed E-state index contributed by atoms with van der Waals surface area (Å²) < 4.78 is 5.37. The van der Waals surface area contributed by atoms with E-state index in [1.807, 2.05) is 48.5 Å². The number of furan rings is 1. The summed E-state index contributed by atoms with van der Waals surface area (Å²) in [6, 6.07) is 29.7. The molecular weight excluding hydrogens is 416 g/mol. The number of hydrogen-bond acceptors (Lipinski definition) is 6. The summed E-state index contributed by atoms with van der Waals surface area (Å²) >= 11 is 1.33. The second-order valence-corrected chi connectivity index (χ2v) is 7.93. The van der Waals surface area contributed by atoms with Crippen LogP contribution in [-0.2, 0) is 0 Å². The van der Waals surface area contributed by atoms with Crippen LogP contribution in [0.4, 0.5) is 10.7 Å². The average Bonchev–Trinajstić information content (AvgIpc) is 3.51. The van der Waals surface area contributed by atoms with E-state index in [9.17, 15) is 5.26 Å². The lowest BCUT2D eigenvalue weighted by Crippen LogP contribution is -1.83. The molecule has 152 valence electrons. The van der Waals surface area contributed by atoms with Gasteiger partial charge in [-0.15, -0.1) is 10.2 Å². The molecule has 6 heteroatoms. The van der Waals surface area contributed by atoms with Gasteiger partial charge in [-0.05, 0) is 41.1 Å². The highest BCUT2D eigenvalue weighted by atomic mass is 32.1. The van der Waals surface area contributed by atoms with Gasteiger partial charge < -0.3 is 4.42 Å². The molecule has 2 aromatic heterocycles. The standard InChI is InChI=1S/C26H16N4OS/c27-17-21(16-23-11-6-14-31-23)25-28-24(20-13-12-18-7-4-5-8-19(18)15-20)26(32-25)30-29-22-9-2-1-3-10-22/h1-16H/b21-16-,30-29?. The minimum Gasteiger partial charge on any atom is -0.465 e. The van der Waals surface area contributed by atoms with Crippen molar-refractivity contribution < 1.29 is 4.42 Å². The third kappa shape index (κ3) is 4.10. The van der Waals surface area contributed by atoms with Gasteiger partial charge in [0, 0.05) is 11.6 Å². The lowest BCUT2D eigenvalue weighted by atomic mass is 10.1. The Morgan fingerprint density at radius 1 is 0.906 bits per heavy atom. The number of azo groups is 1. The van der Waals surface area contributed by atoms with Gasteiger partial charge in [0.15, 0.2) is 5.00 Å². The highest BCUT2D eigenvalue weighted by molar-refractivity contribution is 7.17. The molecule has 5 rings (SSSR count). The minimum atomic E-state index is 0.410. The van der Waals surface area contributed by atoms with Crippen molar-refractivity contribution >= 4 is 44.4 Å². The van der Waals surface area contributed by atoms with Gasteiger partial charge in [0.25, 0.3) is 0 Å². The second-order valence-electron chi connectivity index (χ2n) is 6.96. The Balaban J connectivity index is 1.63. The summed E-state index contributed by atoms with van der Waals surface area (Å²) in [5.74, 6) is 0.594. The molecule has 0 spiro atoms. The smallest absolute Gasteiger partial charge is 0.167 e. The monoisotopic (exact) mass is 432 g/mol. The van der Waals surface area contributed by atoms with Crippen LogP contribution < -0.4 is 0 Å². The summed E-state index contributed by atoms with van der Waals surface area (Å²) in [7, 11) is 0. The predicted molar refractivity (Wildman–Crippen MR) is 128 cm³/mol. The van der Waals surface area contributed by atoms with E-state index in [2.05, 4.69) is 40.6 Å². The molecule has 0 aliphatic carbocycles. The van der Waals surface area contributed by atoms with Crippen molar-refractivity contribution in [3.05, 3.63) is 102 Å². The summed E-state index contributed by atoms with van der Waals surface area (Å²) in [5, 5.41) is 22.1. The van der Waals surface area contributed by atoms with E-state index >= 15 is 0 Å². The van der Waals surface area contributed by atoms with Crippen LogP contribution in [0.1, 0.15) is 10.8 Å². The molecule has 2 heterocycles. The van der Waals surface area contributed by atoms with Crippen LogP contribution in [0.2, 0.25) is 0 Å². The number of hydrogen-bond donors (Lipinski definition) is 0. The summed E-state index contributed by atoms with van der Waals surface area (Å²) in [4.78, 5) is 4.78. The number of allylic oxidation sites excluding steroid dienone is 1. The number of benzene rings is 3. The number of thiazole rings is 1. The predicted octanol–water partition coefficient (Wildman–Crippen LogP) is 8.04. The minimum absolute atomic E-state index is 0.410. The van der Waals surface area contributed by atoms with Gasteiger partial charge >= 0.3 is 0 Å². The molecule has 32 heavy (non-hydrogen) atoms. The molecule has 0 N–H and O–H groups in total. The quantitative estimate of drug-likeness (QED) is 0.208. The lowest BCUT2D eigenvalue weighted by Gasteiger charge is -2.02. The van der Waals surface area contributed by atoms with E-state index in [-0.39, 0.29) is 0 Å². The van der Waals surface area contributed by atoms with Gasteiger partial charge in [0.2, 0.25) is 0 Å². The largest absolute Gasteiger partial charge is 0.465 e. The fraction of sp³-hybridized carbons (Fsp3) is 0. The number of fused-ring (bicyclic) bond motifs is 1. The number of nitrogens with zero attached hydrogens (tertiary/aromatic N) is 4. The zero-order valence-electron chi connectivity index (χ0n) is 16.8. The Labute approximate surface area is 188 Å². The van der Waals surface area contributed by atoms with Crippen LogP contribution >= 0.6 is 11.3 Å². The second kappa shape index (κ2) is 8.80. The summed E-state index contributed by atoms with van der Waals surface area (Å²) in [6.45, 7) is 0. The fourth-order valence-corrected chi connectivity index (χ4v) is 4.15. The van der Waals surface area contributed by atoms with Crippen LogP contribution in [0.25, 0.3) is 33.7 Å². The topological polar surface area (TPSA) is 74.5 Å². The summed E-state index contributed by atoms with van der Waals surface area (Å²) in [5.41, 5.74) is 2.77. The molecule has 0 aliphatic rings. The first-order chi connectivity index (χ1) is 15.8. The van der Waals surface area contributed by atoms with Gasteiger partial charge in [0.1, 0.15) is 22.5 Å². The molecule has 5 nitrogen and oxygen atoms in total. The van der Waals surface area contributed by atoms with E-state index in [0.29, 0.717) is 27.0 Å². The van der Waals surface area contributed by atoms with Crippen LogP contribution in [-0.4, -0.2) is 4.98 Å². The third-order valence-electron chi connectivity index (χ3n) is 4.83. The van der Waals surface area contributed by atoms with Crippen molar-refractivity contribution in [1.29, 1.82) is 5.26 Å². The van der Waals surface area contributed by atoms with Crippen molar-refractivity contribution in [2.75, 3.05) is 0 Å². The van der Waals surface area contributed by atoms with Crippen molar-refractivity contribution in [3.63, 3.8) is 0 Å². The Morgan fingerprint density at radius 3 is 2.50 bits per heavy atom. The van der Waals surface area contributed by atoms with Crippen molar-refractivity contribution in [1.82, 2.24) is 4.98 Å². The van der Waals surface area contributed by atoms with Crippen LogP contribution in [0, 0.1) is 11.3 Å². The normalized spacial score (nSPS) is 11.8. The molecule has 0 amide bonds. The van der Waals surface area contributed by atoms with E-state index in [1.54, 1.807) is 24.5 Å². The molecule has 0 bridgehead atoms. The molecule has 0 fully saturated rings. The van der Waals surface area contributed by atoms with Crippen molar-refractivity contribution in [3.8, 4) is 17.3 Å². The van der Waals surface area contributed by atoms with E-state index in [1.165, 1.54) is 11.3 Å². The maximum Gasteiger partial charge on any atom is 0.167 e. The lowest BCUT2D eigenvalue weighted by molar-refractivity contribution is 0.557. The Morgan fingerprint density at radius 2 is 1.72 bits per heavy atom. The van der Waals surface area contributed by atoms with Gasteiger partial charge in [0.05, 0.1) is 17.5 Å². The zero-order chi connectivity index (χ0) is 21.8. The van der Waals surface area contributed by atoms with Gasteiger partial charge in [-0.3, -0.25) is 0 Å². The maximum absolute atomic E-state index is 9.75.